The quantitative estimate of drug-likeness (QED) is 0.556. The summed E-state index contributed by atoms with van der Waals surface area (Å²) in [4.78, 5) is 23.5. The largest absolute Gasteiger partial charge is 0.373 e. The molecule has 0 saturated heterocycles. The minimum atomic E-state index is -0.593. The highest BCUT2D eigenvalue weighted by Gasteiger charge is 2.15. The summed E-state index contributed by atoms with van der Waals surface area (Å²) >= 11 is 0. The van der Waals surface area contributed by atoms with E-state index in [-0.39, 0.29) is 11.1 Å². The molecular weight excluding hydrogens is 369 g/mol. The maximum absolute atomic E-state index is 13.9. The van der Waals surface area contributed by atoms with E-state index in [0.29, 0.717) is 22.7 Å². The number of fused-ring (bicyclic) bond motifs is 1. The summed E-state index contributed by atoms with van der Waals surface area (Å²) in [5, 5.41) is 13.0. The van der Waals surface area contributed by atoms with E-state index in [2.05, 4.69) is 20.3 Å². The summed E-state index contributed by atoms with van der Waals surface area (Å²) in [5.41, 5.74) is 3.64. The maximum atomic E-state index is 13.9. The van der Waals surface area contributed by atoms with Crippen molar-refractivity contribution in [2.75, 3.05) is 12.4 Å². The van der Waals surface area contributed by atoms with Gasteiger partial charge in [0.15, 0.2) is 0 Å². The van der Waals surface area contributed by atoms with Crippen LogP contribution in [0.3, 0.4) is 0 Å². The highest BCUT2D eigenvalue weighted by Crippen LogP contribution is 2.34. The van der Waals surface area contributed by atoms with Crippen molar-refractivity contribution in [1.82, 2.24) is 15.0 Å². The molecule has 2 N–H and O–H groups in total. The van der Waals surface area contributed by atoms with Crippen LogP contribution in [0.2, 0.25) is 0 Å². The number of rotatable bonds is 3. The highest BCUT2D eigenvalue weighted by atomic mass is 19.1. The van der Waals surface area contributed by atoms with Crippen LogP contribution in [0, 0.1) is 24.1 Å². The molecule has 0 spiro atoms. The van der Waals surface area contributed by atoms with Crippen molar-refractivity contribution in [3.05, 3.63) is 76.0 Å². The van der Waals surface area contributed by atoms with E-state index in [0.717, 1.165) is 22.2 Å². The predicted molar refractivity (Wildman–Crippen MR) is 110 cm³/mol. The molecular formula is C22H16FN5O. The molecule has 0 atom stereocenters. The molecule has 0 fully saturated rings. The van der Waals surface area contributed by atoms with Crippen molar-refractivity contribution in [1.29, 1.82) is 5.26 Å². The van der Waals surface area contributed by atoms with E-state index in [4.69, 9.17) is 0 Å². The molecule has 3 heterocycles. The van der Waals surface area contributed by atoms with Crippen LogP contribution in [-0.4, -0.2) is 22.0 Å². The van der Waals surface area contributed by atoms with Crippen molar-refractivity contribution >= 4 is 16.9 Å². The second-order valence-electron chi connectivity index (χ2n) is 6.58. The second kappa shape index (κ2) is 7.17. The SMILES string of the molecule is CNc1cc(-c2cc3ccc(=O)[nH]c3nc2-c2ccc(F)c(C#N)c2)cc(C)n1. The lowest BCUT2D eigenvalue weighted by atomic mass is 9.97. The zero-order chi connectivity index (χ0) is 20.5. The molecule has 0 aliphatic carbocycles. The number of nitrogens with one attached hydrogen (secondary N) is 2. The number of benzene rings is 1. The van der Waals surface area contributed by atoms with Crippen molar-refractivity contribution in [3.8, 4) is 28.5 Å². The fourth-order valence-electron chi connectivity index (χ4n) is 3.23. The van der Waals surface area contributed by atoms with E-state index < -0.39 is 5.82 Å². The number of aryl methyl sites for hydroxylation is 1. The Kier molecular flexibility index (Phi) is 4.53. The third-order valence-electron chi connectivity index (χ3n) is 4.59. The molecule has 4 aromatic rings. The Bertz CT molecular complexity index is 1350. The lowest BCUT2D eigenvalue weighted by Crippen LogP contribution is -2.05. The third-order valence-corrected chi connectivity index (χ3v) is 4.59. The number of H-pyrrole nitrogens is 1. The second-order valence-corrected chi connectivity index (χ2v) is 6.58. The molecule has 29 heavy (non-hydrogen) atoms. The van der Waals surface area contributed by atoms with Crippen LogP contribution >= 0.6 is 0 Å². The van der Waals surface area contributed by atoms with E-state index in [1.54, 1.807) is 19.2 Å². The summed E-state index contributed by atoms with van der Waals surface area (Å²) in [6.07, 6.45) is 0. The van der Waals surface area contributed by atoms with Crippen molar-refractivity contribution in [2.45, 2.75) is 6.92 Å². The molecule has 3 aromatic heterocycles. The Morgan fingerprint density at radius 2 is 1.90 bits per heavy atom. The Morgan fingerprint density at radius 3 is 2.66 bits per heavy atom. The Balaban J connectivity index is 2.06. The molecule has 0 unspecified atom stereocenters. The summed E-state index contributed by atoms with van der Waals surface area (Å²) < 4.78 is 13.9. The molecule has 1 aromatic carbocycles. The van der Waals surface area contributed by atoms with Gasteiger partial charge in [-0.15, -0.1) is 0 Å². The molecule has 7 heteroatoms. The van der Waals surface area contributed by atoms with Gasteiger partial charge in [-0.3, -0.25) is 4.79 Å². The summed E-state index contributed by atoms with van der Waals surface area (Å²) in [5.74, 6) is 0.105. The molecule has 6 nitrogen and oxygen atoms in total. The third kappa shape index (κ3) is 3.44. The summed E-state index contributed by atoms with van der Waals surface area (Å²) in [7, 11) is 1.79. The van der Waals surface area contributed by atoms with E-state index in [1.165, 1.54) is 18.2 Å². The Morgan fingerprint density at radius 1 is 1.07 bits per heavy atom. The first kappa shape index (κ1) is 18.3. The van der Waals surface area contributed by atoms with Crippen molar-refractivity contribution in [2.24, 2.45) is 0 Å². The van der Waals surface area contributed by atoms with Gasteiger partial charge in [0, 0.05) is 35.3 Å². The molecule has 0 saturated carbocycles. The Labute approximate surface area is 165 Å². The van der Waals surface area contributed by atoms with Gasteiger partial charge in [-0.1, -0.05) is 0 Å². The lowest BCUT2D eigenvalue weighted by molar-refractivity contribution is 0.624. The summed E-state index contributed by atoms with van der Waals surface area (Å²) in [6, 6.07) is 15.0. The van der Waals surface area contributed by atoms with Gasteiger partial charge in [0.1, 0.15) is 23.4 Å². The van der Waals surface area contributed by atoms with Gasteiger partial charge in [-0.05, 0) is 55.0 Å². The van der Waals surface area contributed by atoms with Crippen LogP contribution in [0.1, 0.15) is 11.3 Å². The number of pyridine rings is 3. The van der Waals surface area contributed by atoms with Crippen molar-refractivity contribution in [3.63, 3.8) is 0 Å². The molecule has 0 radical (unpaired) electrons. The van der Waals surface area contributed by atoms with Gasteiger partial charge in [0.25, 0.3) is 0 Å². The zero-order valence-electron chi connectivity index (χ0n) is 15.7. The number of nitriles is 1. The minimum Gasteiger partial charge on any atom is -0.373 e. The first-order valence-electron chi connectivity index (χ1n) is 8.89. The van der Waals surface area contributed by atoms with Gasteiger partial charge in [0.05, 0.1) is 11.3 Å². The first-order valence-corrected chi connectivity index (χ1v) is 8.89. The van der Waals surface area contributed by atoms with E-state index >= 15 is 0 Å². The van der Waals surface area contributed by atoms with Crippen LogP contribution < -0.4 is 10.9 Å². The minimum absolute atomic E-state index is 0.0706. The van der Waals surface area contributed by atoms with Gasteiger partial charge in [0.2, 0.25) is 5.56 Å². The maximum Gasteiger partial charge on any atom is 0.249 e. The van der Waals surface area contributed by atoms with Crippen LogP contribution in [-0.2, 0) is 0 Å². The fourth-order valence-corrected chi connectivity index (χ4v) is 3.23. The molecule has 4 rings (SSSR count). The average molecular weight is 385 g/mol. The number of anilines is 1. The number of halogens is 1. The fraction of sp³-hybridized carbons (Fsp3) is 0.0909. The lowest BCUT2D eigenvalue weighted by Gasteiger charge is -2.13. The van der Waals surface area contributed by atoms with Crippen LogP contribution in [0.4, 0.5) is 10.2 Å². The topological polar surface area (TPSA) is 94.5 Å². The predicted octanol–water partition coefficient (Wildman–Crippen LogP) is 4.01. The molecule has 0 amide bonds. The number of aromatic amines is 1. The van der Waals surface area contributed by atoms with Crippen LogP contribution in [0.25, 0.3) is 33.4 Å². The number of aromatic nitrogens is 3. The van der Waals surface area contributed by atoms with Gasteiger partial charge in [-0.2, -0.15) is 5.26 Å². The average Bonchev–Trinajstić information content (AvgIpc) is 2.72. The van der Waals surface area contributed by atoms with Crippen molar-refractivity contribution < 1.29 is 4.39 Å². The molecule has 0 bridgehead atoms. The molecule has 0 aliphatic rings. The monoisotopic (exact) mass is 385 g/mol. The molecule has 142 valence electrons. The van der Waals surface area contributed by atoms with E-state index in [1.807, 2.05) is 31.2 Å². The first-order chi connectivity index (χ1) is 14.0. The Hall–Kier alpha value is -4.05. The number of nitrogens with zero attached hydrogens (tertiary/aromatic N) is 3. The smallest absolute Gasteiger partial charge is 0.249 e. The van der Waals surface area contributed by atoms with Gasteiger partial charge in [-0.25, -0.2) is 14.4 Å². The molecule has 0 aliphatic heterocycles. The normalized spacial score (nSPS) is 10.7. The standard InChI is InChI=1S/C22H16FN5O/c1-12-7-15(10-19(25-2)26-12)17-9-14-4-6-20(29)27-22(14)28-21(17)13-3-5-18(23)16(8-13)11-24/h3-10H,1-2H3,(H,25,26)(H,27,28,29). The highest BCUT2D eigenvalue weighted by molar-refractivity contribution is 5.90. The summed E-state index contributed by atoms with van der Waals surface area (Å²) in [6.45, 7) is 1.89. The van der Waals surface area contributed by atoms with Crippen LogP contribution in [0.5, 0.6) is 0 Å². The van der Waals surface area contributed by atoms with Gasteiger partial charge < -0.3 is 10.3 Å². The van der Waals surface area contributed by atoms with E-state index in [9.17, 15) is 14.4 Å². The van der Waals surface area contributed by atoms with Crippen LogP contribution in [0.15, 0.2) is 53.3 Å². The zero-order valence-corrected chi connectivity index (χ0v) is 15.7. The number of hydrogen-bond donors (Lipinski definition) is 2. The number of hydrogen-bond acceptors (Lipinski definition) is 5. The van der Waals surface area contributed by atoms with Gasteiger partial charge >= 0.3 is 0 Å².